The van der Waals surface area contributed by atoms with E-state index >= 15 is 0 Å². The Hall–Kier alpha value is -3.30. The van der Waals surface area contributed by atoms with E-state index in [2.05, 4.69) is 20.2 Å². The van der Waals surface area contributed by atoms with Gasteiger partial charge in [0, 0.05) is 42.8 Å². The zero-order chi connectivity index (χ0) is 23.3. The number of fused-ring (bicyclic) bond motifs is 1. The minimum atomic E-state index is -3.47. The lowest BCUT2D eigenvalue weighted by atomic mass is 10.0. The SMILES string of the molecule is CS(=O)(=O)OCc1cccc(N2CCC(N/C=C(\C=N)c3cnc4ccccc4n3)CC2)c1. The summed E-state index contributed by atoms with van der Waals surface area (Å²) in [5, 5.41) is 11.2. The van der Waals surface area contributed by atoms with Crippen molar-refractivity contribution in [2.75, 3.05) is 24.2 Å². The Morgan fingerprint density at radius 1 is 1.18 bits per heavy atom. The van der Waals surface area contributed by atoms with E-state index in [1.165, 1.54) is 6.21 Å². The number of nitrogens with one attached hydrogen (secondary N) is 2. The summed E-state index contributed by atoms with van der Waals surface area (Å²) in [7, 11) is -3.47. The topological polar surface area (TPSA) is 108 Å². The van der Waals surface area contributed by atoms with Crippen LogP contribution in [0.1, 0.15) is 24.1 Å². The molecule has 8 nitrogen and oxygen atoms in total. The molecule has 1 aliphatic rings. The first-order valence-corrected chi connectivity index (χ1v) is 12.6. The van der Waals surface area contributed by atoms with Gasteiger partial charge in [0.05, 0.1) is 35.8 Å². The van der Waals surface area contributed by atoms with Crippen molar-refractivity contribution < 1.29 is 12.6 Å². The summed E-state index contributed by atoms with van der Waals surface area (Å²) in [6.45, 7) is 1.79. The molecule has 0 saturated carbocycles. The standard InChI is InChI=1S/C24H27N5O3S/c1-33(30,31)32-17-18-5-4-6-21(13-18)29-11-9-20(10-12-29)26-15-19(14-25)24-16-27-22-7-2-3-8-23(22)28-24/h2-8,13-16,20,25-26H,9-12,17H2,1H3/b19-15+,25-14?. The third-order valence-corrected chi connectivity index (χ3v) is 6.13. The molecule has 3 aromatic rings. The number of piperidine rings is 1. The monoisotopic (exact) mass is 465 g/mol. The second-order valence-electron chi connectivity index (χ2n) is 8.05. The molecule has 0 unspecified atom stereocenters. The Morgan fingerprint density at radius 3 is 2.67 bits per heavy atom. The van der Waals surface area contributed by atoms with Crippen LogP contribution in [0.25, 0.3) is 16.6 Å². The van der Waals surface area contributed by atoms with Gasteiger partial charge in [-0.05, 0) is 42.7 Å². The zero-order valence-electron chi connectivity index (χ0n) is 18.4. The van der Waals surface area contributed by atoms with E-state index in [4.69, 9.17) is 9.59 Å². The molecule has 2 N–H and O–H groups in total. The van der Waals surface area contributed by atoms with Gasteiger partial charge in [-0.1, -0.05) is 24.3 Å². The molecule has 4 rings (SSSR count). The van der Waals surface area contributed by atoms with Crippen molar-refractivity contribution in [1.82, 2.24) is 15.3 Å². The minimum Gasteiger partial charge on any atom is -0.387 e. The molecule has 1 aliphatic heterocycles. The lowest BCUT2D eigenvalue weighted by Gasteiger charge is -2.34. The molecule has 2 aromatic carbocycles. The third kappa shape index (κ3) is 6.15. The largest absolute Gasteiger partial charge is 0.387 e. The number of benzene rings is 2. The number of anilines is 1. The maximum absolute atomic E-state index is 11.2. The second-order valence-corrected chi connectivity index (χ2v) is 9.70. The fourth-order valence-corrected chi connectivity index (χ4v) is 4.17. The van der Waals surface area contributed by atoms with Crippen molar-refractivity contribution in [2.24, 2.45) is 0 Å². The number of hydrogen-bond donors (Lipinski definition) is 2. The molecule has 0 atom stereocenters. The lowest BCUT2D eigenvalue weighted by Crippen LogP contribution is -2.41. The van der Waals surface area contributed by atoms with Gasteiger partial charge in [0.15, 0.2) is 0 Å². The molecular formula is C24H27N5O3S. The first-order chi connectivity index (χ1) is 15.9. The van der Waals surface area contributed by atoms with Crippen LogP contribution in [0.5, 0.6) is 0 Å². The highest BCUT2D eigenvalue weighted by molar-refractivity contribution is 7.85. The maximum atomic E-state index is 11.2. The minimum absolute atomic E-state index is 0.0412. The lowest BCUT2D eigenvalue weighted by molar-refractivity contribution is 0.311. The summed E-state index contributed by atoms with van der Waals surface area (Å²) in [4.78, 5) is 11.4. The van der Waals surface area contributed by atoms with Crippen LogP contribution < -0.4 is 10.2 Å². The van der Waals surface area contributed by atoms with E-state index in [0.717, 1.165) is 54.5 Å². The number of rotatable bonds is 8. The number of aromatic nitrogens is 2. The smallest absolute Gasteiger partial charge is 0.264 e. The van der Waals surface area contributed by atoms with E-state index in [0.29, 0.717) is 17.3 Å². The van der Waals surface area contributed by atoms with Gasteiger partial charge in [0.1, 0.15) is 0 Å². The Labute approximate surface area is 194 Å². The summed E-state index contributed by atoms with van der Waals surface area (Å²) in [5.74, 6) is 0. The van der Waals surface area contributed by atoms with Gasteiger partial charge in [-0.15, -0.1) is 0 Å². The Kier molecular flexibility index (Phi) is 7.00. The molecule has 1 aromatic heterocycles. The van der Waals surface area contributed by atoms with Crippen LogP contribution in [-0.2, 0) is 20.9 Å². The van der Waals surface area contributed by atoms with E-state index in [9.17, 15) is 8.42 Å². The number of allylic oxidation sites excluding steroid dienone is 1. The highest BCUT2D eigenvalue weighted by Gasteiger charge is 2.19. The molecule has 9 heteroatoms. The quantitative estimate of drug-likeness (QED) is 0.388. The third-order valence-electron chi connectivity index (χ3n) is 5.58. The van der Waals surface area contributed by atoms with Crippen LogP contribution in [0.15, 0.2) is 60.9 Å². The van der Waals surface area contributed by atoms with Gasteiger partial charge in [0.2, 0.25) is 0 Å². The zero-order valence-corrected chi connectivity index (χ0v) is 19.3. The van der Waals surface area contributed by atoms with Gasteiger partial charge in [-0.2, -0.15) is 8.42 Å². The Balaban J connectivity index is 1.35. The average molecular weight is 466 g/mol. The first kappa shape index (κ1) is 22.9. The van der Waals surface area contributed by atoms with Crippen molar-refractivity contribution in [3.05, 3.63) is 72.2 Å². The van der Waals surface area contributed by atoms with Crippen molar-refractivity contribution in [3.63, 3.8) is 0 Å². The summed E-state index contributed by atoms with van der Waals surface area (Å²) >= 11 is 0. The van der Waals surface area contributed by atoms with Crippen LogP contribution in [0, 0.1) is 5.41 Å². The molecule has 0 amide bonds. The van der Waals surface area contributed by atoms with E-state index in [1.807, 2.05) is 54.7 Å². The van der Waals surface area contributed by atoms with Crippen LogP contribution in [0.2, 0.25) is 0 Å². The fourth-order valence-electron chi connectivity index (χ4n) is 3.82. The van der Waals surface area contributed by atoms with Gasteiger partial charge < -0.3 is 15.6 Å². The summed E-state index contributed by atoms with van der Waals surface area (Å²) < 4.78 is 27.4. The summed E-state index contributed by atoms with van der Waals surface area (Å²) in [6.07, 6.45) is 7.79. The normalized spacial score (nSPS) is 15.5. The number of nitrogens with zero attached hydrogens (tertiary/aromatic N) is 3. The van der Waals surface area contributed by atoms with Crippen molar-refractivity contribution >= 4 is 38.6 Å². The molecule has 172 valence electrons. The summed E-state index contributed by atoms with van der Waals surface area (Å²) in [6, 6.07) is 15.8. The second kappa shape index (κ2) is 10.1. The van der Waals surface area contributed by atoms with Gasteiger partial charge in [0.25, 0.3) is 10.1 Å². The van der Waals surface area contributed by atoms with Gasteiger partial charge in [-0.3, -0.25) is 9.17 Å². The van der Waals surface area contributed by atoms with Gasteiger partial charge >= 0.3 is 0 Å². The Morgan fingerprint density at radius 2 is 1.94 bits per heavy atom. The predicted molar refractivity (Wildman–Crippen MR) is 131 cm³/mol. The molecule has 33 heavy (non-hydrogen) atoms. The van der Waals surface area contributed by atoms with E-state index in [-0.39, 0.29) is 6.61 Å². The van der Waals surface area contributed by atoms with Crippen LogP contribution in [0.3, 0.4) is 0 Å². The molecule has 0 radical (unpaired) electrons. The highest BCUT2D eigenvalue weighted by atomic mass is 32.2. The number of para-hydroxylation sites is 2. The molecule has 1 fully saturated rings. The first-order valence-electron chi connectivity index (χ1n) is 10.8. The average Bonchev–Trinajstić information content (AvgIpc) is 2.83. The van der Waals surface area contributed by atoms with Crippen LogP contribution in [-0.4, -0.2) is 50.0 Å². The molecule has 0 bridgehead atoms. The van der Waals surface area contributed by atoms with Crippen molar-refractivity contribution in [1.29, 1.82) is 5.41 Å². The van der Waals surface area contributed by atoms with Crippen molar-refractivity contribution in [3.8, 4) is 0 Å². The molecule has 0 spiro atoms. The molecule has 1 saturated heterocycles. The maximum Gasteiger partial charge on any atom is 0.264 e. The van der Waals surface area contributed by atoms with E-state index in [1.54, 1.807) is 6.20 Å². The van der Waals surface area contributed by atoms with Crippen LogP contribution in [0.4, 0.5) is 5.69 Å². The number of hydrogen-bond acceptors (Lipinski definition) is 8. The Bertz CT molecular complexity index is 1270. The molecule has 2 heterocycles. The highest BCUT2D eigenvalue weighted by Crippen LogP contribution is 2.22. The van der Waals surface area contributed by atoms with Crippen molar-refractivity contribution in [2.45, 2.75) is 25.5 Å². The van der Waals surface area contributed by atoms with Gasteiger partial charge in [-0.25, -0.2) is 4.98 Å². The van der Waals surface area contributed by atoms with Crippen LogP contribution >= 0.6 is 0 Å². The predicted octanol–water partition coefficient (Wildman–Crippen LogP) is 3.36. The fraction of sp³-hybridized carbons (Fsp3) is 0.292. The molecule has 0 aliphatic carbocycles. The molecular weight excluding hydrogens is 438 g/mol. The summed E-state index contributed by atoms with van der Waals surface area (Å²) in [5.41, 5.74) is 4.88. The van der Waals surface area contributed by atoms with E-state index < -0.39 is 10.1 Å².